The van der Waals surface area contributed by atoms with E-state index in [1.165, 1.54) is 11.8 Å². The van der Waals surface area contributed by atoms with Crippen LogP contribution in [0.4, 0.5) is 0 Å². The van der Waals surface area contributed by atoms with Crippen molar-refractivity contribution < 1.29 is 14.3 Å². The van der Waals surface area contributed by atoms with Crippen molar-refractivity contribution in [2.24, 2.45) is 0 Å². The number of carbonyl (C=O) groups is 2. The van der Waals surface area contributed by atoms with Crippen LogP contribution in [0.3, 0.4) is 0 Å². The summed E-state index contributed by atoms with van der Waals surface area (Å²) in [7, 11) is 0. The van der Waals surface area contributed by atoms with Gasteiger partial charge in [-0.15, -0.1) is 11.8 Å². The third kappa shape index (κ3) is 5.49. The van der Waals surface area contributed by atoms with Gasteiger partial charge < -0.3 is 4.74 Å². The number of ether oxygens (including phenoxy) is 1. The van der Waals surface area contributed by atoms with Gasteiger partial charge in [-0.05, 0) is 42.0 Å². The molecule has 6 heteroatoms. The van der Waals surface area contributed by atoms with Crippen LogP contribution in [0.1, 0.15) is 6.92 Å². The van der Waals surface area contributed by atoms with Crippen LogP contribution in [-0.2, 0) is 9.59 Å². The first-order valence-corrected chi connectivity index (χ1v) is 9.52. The average molecular weight is 380 g/mol. The molecule has 3 aromatic rings. The van der Waals surface area contributed by atoms with Crippen LogP contribution < -0.4 is 15.6 Å². The molecular formula is C21H20N2O3S. The number of hydrogen-bond acceptors (Lipinski definition) is 4. The molecule has 0 aromatic heterocycles. The molecule has 138 valence electrons. The standard InChI is InChI=1S/C21H20N2O3S/c1-15(26-18-12-11-16-7-5-6-8-17(16)13-18)21(25)23-22-20(24)14-27-19-9-3-2-4-10-19/h2-13,15H,14H2,1H3,(H,22,24)(H,23,25)/t15-/m1/s1. The van der Waals surface area contributed by atoms with Crippen LogP contribution in [0.2, 0.25) is 0 Å². The topological polar surface area (TPSA) is 67.4 Å². The van der Waals surface area contributed by atoms with E-state index < -0.39 is 12.0 Å². The zero-order valence-corrected chi connectivity index (χ0v) is 15.7. The van der Waals surface area contributed by atoms with Gasteiger partial charge in [0.05, 0.1) is 5.75 Å². The van der Waals surface area contributed by atoms with Crippen molar-refractivity contribution in [2.45, 2.75) is 17.9 Å². The van der Waals surface area contributed by atoms with Gasteiger partial charge >= 0.3 is 0 Å². The van der Waals surface area contributed by atoms with Gasteiger partial charge in [0.1, 0.15) is 5.75 Å². The zero-order chi connectivity index (χ0) is 19.1. The van der Waals surface area contributed by atoms with Gasteiger partial charge in [-0.1, -0.05) is 48.5 Å². The molecule has 0 aliphatic rings. The number of thioether (sulfide) groups is 1. The smallest absolute Gasteiger partial charge is 0.279 e. The third-order valence-corrected chi connectivity index (χ3v) is 4.85. The lowest BCUT2D eigenvalue weighted by atomic mass is 10.1. The number of fused-ring (bicyclic) bond motifs is 1. The highest BCUT2D eigenvalue weighted by Gasteiger charge is 2.15. The average Bonchev–Trinajstić information content (AvgIpc) is 2.71. The maximum Gasteiger partial charge on any atom is 0.279 e. The molecule has 0 aliphatic heterocycles. The Morgan fingerprint density at radius 3 is 2.41 bits per heavy atom. The van der Waals surface area contributed by atoms with E-state index in [0.717, 1.165) is 15.7 Å². The molecule has 0 bridgehead atoms. The van der Waals surface area contributed by atoms with Gasteiger partial charge in [0.25, 0.3) is 5.91 Å². The second-order valence-corrected chi connectivity index (χ2v) is 6.96. The van der Waals surface area contributed by atoms with Gasteiger partial charge in [-0.25, -0.2) is 0 Å². The van der Waals surface area contributed by atoms with E-state index in [1.807, 2.05) is 72.8 Å². The zero-order valence-electron chi connectivity index (χ0n) is 14.8. The number of carbonyl (C=O) groups excluding carboxylic acids is 2. The first kappa shape index (κ1) is 18.8. The molecule has 5 nitrogen and oxygen atoms in total. The summed E-state index contributed by atoms with van der Waals surface area (Å²) in [5.41, 5.74) is 4.81. The Hall–Kier alpha value is -2.99. The predicted molar refractivity (Wildman–Crippen MR) is 107 cm³/mol. The van der Waals surface area contributed by atoms with Gasteiger partial charge in [0.2, 0.25) is 5.91 Å². The molecule has 1 atom stereocenters. The predicted octanol–water partition coefficient (Wildman–Crippen LogP) is 3.55. The van der Waals surface area contributed by atoms with Crippen LogP contribution in [0.5, 0.6) is 5.75 Å². The highest BCUT2D eigenvalue weighted by atomic mass is 32.2. The lowest BCUT2D eigenvalue weighted by Crippen LogP contribution is -2.47. The molecule has 0 saturated carbocycles. The van der Waals surface area contributed by atoms with E-state index in [4.69, 9.17) is 4.74 Å². The van der Waals surface area contributed by atoms with Crippen molar-refractivity contribution in [3.63, 3.8) is 0 Å². The molecule has 2 amide bonds. The summed E-state index contributed by atoms with van der Waals surface area (Å²) in [6, 6.07) is 23.2. The second-order valence-electron chi connectivity index (χ2n) is 5.91. The number of hydrazine groups is 1. The minimum absolute atomic E-state index is 0.213. The fourth-order valence-corrected chi connectivity index (χ4v) is 3.15. The van der Waals surface area contributed by atoms with Crippen LogP contribution in [0, 0.1) is 0 Å². The third-order valence-electron chi connectivity index (χ3n) is 3.84. The van der Waals surface area contributed by atoms with Gasteiger partial charge in [-0.3, -0.25) is 20.4 Å². The number of nitrogens with one attached hydrogen (secondary N) is 2. The Morgan fingerprint density at radius 2 is 1.63 bits per heavy atom. The molecule has 0 saturated heterocycles. The number of benzene rings is 3. The van der Waals surface area contributed by atoms with Crippen molar-refractivity contribution in [3.8, 4) is 5.75 Å². The molecule has 2 N–H and O–H groups in total. The van der Waals surface area contributed by atoms with Crippen molar-refractivity contribution in [1.29, 1.82) is 0 Å². The van der Waals surface area contributed by atoms with Crippen LogP contribution >= 0.6 is 11.8 Å². The maximum absolute atomic E-state index is 12.1. The second kappa shape index (κ2) is 9.09. The van der Waals surface area contributed by atoms with E-state index in [0.29, 0.717) is 5.75 Å². The summed E-state index contributed by atoms with van der Waals surface area (Å²) in [6.07, 6.45) is -0.742. The quantitative estimate of drug-likeness (QED) is 0.507. The van der Waals surface area contributed by atoms with Crippen molar-refractivity contribution in [1.82, 2.24) is 10.9 Å². The lowest BCUT2D eigenvalue weighted by molar-refractivity contribution is -0.131. The Kier molecular flexibility index (Phi) is 6.33. The van der Waals surface area contributed by atoms with Crippen LogP contribution in [0.15, 0.2) is 77.7 Å². The van der Waals surface area contributed by atoms with Crippen LogP contribution in [-0.4, -0.2) is 23.7 Å². The van der Waals surface area contributed by atoms with E-state index in [2.05, 4.69) is 10.9 Å². The van der Waals surface area contributed by atoms with Crippen LogP contribution in [0.25, 0.3) is 10.8 Å². The highest BCUT2D eigenvalue weighted by molar-refractivity contribution is 8.00. The largest absolute Gasteiger partial charge is 0.481 e. The summed E-state index contributed by atoms with van der Waals surface area (Å²) in [5, 5.41) is 2.14. The lowest BCUT2D eigenvalue weighted by Gasteiger charge is -2.15. The number of rotatable bonds is 6. The molecule has 0 aliphatic carbocycles. The normalized spacial score (nSPS) is 11.6. The first-order valence-electron chi connectivity index (χ1n) is 8.54. The molecule has 0 fully saturated rings. The molecule has 0 heterocycles. The van der Waals surface area contributed by atoms with E-state index in [9.17, 15) is 9.59 Å². The summed E-state index contributed by atoms with van der Waals surface area (Å²) < 4.78 is 5.68. The Balaban J connectivity index is 1.46. The molecule has 3 rings (SSSR count). The van der Waals surface area contributed by atoms with Crippen molar-refractivity contribution in [3.05, 3.63) is 72.8 Å². The van der Waals surface area contributed by atoms with Gasteiger partial charge in [0.15, 0.2) is 6.10 Å². The highest BCUT2D eigenvalue weighted by Crippen LogP contribution is 2.21. The Labute approximate surface area is 162 Å². The van der Waals surface area contributed by atoms with E-state index >= 15 is 0 Å². The van der Waals surface area contributed by atoms with Crippen molar-refractivity contribution in [2.75, 3.05) is 5.75 Å². The number of hydrogen-bond donors (Lipinski definition) is 2. The van der Waals surface area contributed by atoms with E-state index in [1.54, 1.807) is 6.92 Å². The molecule has 3 aromatic carbocycles. The molecule has 27 heavy (non-hydrogen) atoms. The molecule has 0 spiro atoms. The molecular weight excluding hydrogens is 360 g/mol. The van der Waals surface area contributed by atoms with Crippen molar-refractivity contribution >= 4 is 34.3 Å². The minimum Gasteiger partial charge on any atom is -0.481 e. The first-order chi connectivity index (χ1) is 13.1. The van der Waals surface area contributed by atoms with Gasteiger partial charge in [-0.2, -0.15) is 0 Å². The number of amides is 2. The summed E-state index contributed by atoms with van der Waals surface area (Å²) in [6.45, 7) is 1.63. The minimum atomic E-state index is -0.742. The molecule has 0 unspecified atom stereocenters. The summed E-state index contributed by atoms with van der Waals surface area (Å²) in [5.74, 6) is 0.114. The molecule has 0 radical (unpaired) electrons. The Bertz CT molecular complexity index is 931. The van der Waals surface area contributed by atoms with Gasteiger partial charge in [0, 0.05) is 4.90 Å². The Morgan fingerprint density at radius 1 is 0.926 bits per heavy atom. The fraction of sp³-hybridized carbons (Fsp3) is 0.143. The summed E-state index contributed by atoms with van der Waals surface area (Å²) in [4.78, 5) is 25.0. The van der Waals surface area contributed by atoms with E-state index in [-0.39, 0.29) is 11.7 Å². The fourth-order valence-electron chi connectivity index (χ4n) is 2.43. The maximum atomic E-state index is 12.1. The SMILES string of the molecule is C[C@@H](Oc1ccc2ccccc2c1)C(=O)NNC(=O)CSc1ccccc1. The summed E-state index contributed by atoms with van der Waals surface area (Å²) >= 11 is 1.40. The monoisotopic (exact) mass is 380 g/mol.